The SMILES string of the molecule is CCCn1ccc(C(=O)NCC(=O)C(C)(C)C)n1. The smallest absolute Gasteiger partial charge is 0.272 e. The van der Waals surface area contributed by atoms with Crippen LogP contribution in [0.3, 0.4) is 0 Å². The van der Waals surface area contributed by atoms with Gasteiger partial charge in [0.1, 0.15) is 5.69 Å². The van der Waals surface area contributed by atoms with E-state index in [1.54, 1.807) is 16.9 Å². The molecule has 1 amide bonds. The summed E-state index contributed by atoms with van der Waals surface area (Å²) in [6.45, 7) is 8.37. The molecule has 1 aromatic rings. The third kappa shape index (κ3) is 3.98. The minimum Gasteiger partial charge on any atom is -0.344 e. The molecule has 1 aromatic heterocycles. The van der Waals surface area contributed by atoms with Crippen LogP contribution in [0.2, 0.25) is 0 Å². The van der Waals surface area contributed by atoms with E-state index < -0.39 is 5.41 Å². The number of Topliss-reactive ketones (excluding diaryl/α,β-unsaturated/α-hetero) is 1. The summed E-state index contributed by atoms with van der Waals surface area (Å²) in [6.07, 6.45) is 2.73. The van der Waals surface area contributed by atoms with E-state index in [-0.39, 0.29) is 18.2 Å². The molecule has 1 rings (SSSR count). The minimum absolute atomic E-state index is 0.00356. The largest absolute Gasteiger partial charge is 0.344 e. The van der Waals surface area contributed by atoms with Crippen LogP contribution in [0.15, 0.2) is 12.3 Å². The summed E-state index contributed by atoms with van der Waals surface area (Å²) in [7, 11) is 0. The van der Waals surface area contributed by atoms with Gasteiger partial charge in [0.2, 0.25) is 0 Å². The van der Waals surface area contributed by atoms with Crippen molar-refractivity contribution in [2.75, 3.05) is 6.54 Å². The maximum absolute atomic E-state index is 11.8. The predicted molar refractivity (Wildman–Crippen MR) is 69.3 cm³/mol. The van der Waals surface area contributed by atoms with Gasteiger partial charge >= 0.3 is 0 Å². The number of hydrogen-bond acceptors (Lipinski definition) is 3. The fraction of sp³-hybridized carbons (Fsp3) is 0.615. The topological polar surface area (TPSA) is 64.0 Å². The second kappa shape index (κ2) is 5.80. The van der Waals surface area contributed by atoms with Crippen LogP contribution in [0.5, 0.6) is 0 Å². The van der Waals surface area contributed by atoms with Crippen LogP contribution in [0.25, 0.3) is 0 Å². The van der Waals surface area contributed by atoms with E-state index in [0.717, 1.165) is 13.0 Å². The number of carbonyl (C=O) groups excluding carboxylic acids is 2. The van der Waals surface area contributed by atoms with Crippen molar-refractivity contribution in [3.8, 4) is 0 Å². The van der Waals surface area contributed by atoms with Crippen molar-refractivity contribution in [2.24, 2.45) is 5.41 Å². The Bertz CT molecular complexity index is 430. The molecule has 1 N–H and O–H groups in total. The third-order valence-electron chi connectivity index (χ3n) is 2.57. The van der Waals surface area contributed by atoms with Crippen molar-refractivity contribution < 1.29 is 9.59 Å². The van der Waals surface area contributed by atoms with Crippen LogP contribution in [0.1, 0.15) is 44.6 Å². The normalized spacial score (nSPS) is 11.3. The summed E-state index contributed by atoms with van der Waals surface area (Å²) in [4.78, 5) is 23.4. The first-order chi connectivity index (χ1) is 8.34. The number of nitrogens with zero attached hydrogens (tertiary/aromatic N) is 2. The van der Waals surface area contributed by atoms with Gasteiger partial charge in [-0.1, -0.05) is 27.7 Å². The van der Waals surface area contributed by atoms with E-state index in [1.807, 2.05) is 27.7 Å². The highest BCUT2D eigenvalue weighted by molar-refractivity contribution is 5.96. The van der Waals surface area contributed by atoms with E-state index in [4.69, 9.17) is 0 Å². The van der Waals surface area contributed by atoms with Gasteiger partial charge in [-0.05, 0) is 12.5 Å². The van der Waals surface area contributed by atoms with Crippen LogP contribution in [-0.2, 0) is 11.3 Å². The number of amides is 1. The summed E-state index contributed by atoms with van der Waals surface area (Å²) < 4.78 is 1.72. The van der Waals surface area contributed by atoms with Crippen molar-refractivity contribution >= 4 is 11.7 Å². The molecule has 0 aliphatic carbocycles. The quantitative estimate of drug-likeness (QED) is 0.865. The first-order valence-corrected chi connectivity index (χ1v) is 6.19. The Kier molecular flexibility index (Phi) is 4.64. The molecule has 0 saturated heterocycles. The number of hydrogen-bond donors (Lipinski definition) is 1. The molecule has 0 radical (unpaired) electrons. The number of aryl methyl sites for hydroxylation is 1. The highest BCUT2D eigenvalue weighted by atomic mass is 16.2. The molecule has 0 bridgehead atoms. The highest BCUT2D eigenvalue weighted by Gasteiger charge is 2.21. The van der Waals surface area contributed by atoms with Gasteiger partial charge < -0.3 is 5.32 Å². The number of aromatic nitrogens is 2. The summed E-state index contributed by atoms with van der Waals surface area (Å²) in [6, 6.07) is 1.66. The Hall–Kier alpha value is -1.65. The van der Waals surface area contributed by atoms with Crippen LogP contribution < -0.4 is 5.32 Å². The van der Waals surface area contributed by atoms with Gasteiger partial charge in [0.05, 0.1) is 6.54 Å². The lowest BCUT2D eigenvalue weighted by Crippen LogP contribution is -2.35. The number of carbonyl (C=O) groups is 2. The molecule has 0 unspecified atom stereocenters. The molecule has 0 aliphatic heterocycles. The number of nitrogens with one attached hydrogen (secondary N) is 1. The second-order valence-corrected chi connectivity index (χ2v) is 5.32. The molecule has 1 heterocycles. The fourth-order valence-corrected chi connectivity index (χ4v) is 1.35. The van der Waals surface area contributed by atoms with E-state index in [2.05, 4.69) is 10.4 Å². The maximum Gasteiger partial charge on any atom is 0.272 e. The standard InChI is InChI=1S/C13H21N3O2/c1-5-7-16-8-6-10(15-16)12(18)14-9-11(17)13(2,3)4/h6,8H,5,7,9H2,1-4H3,(H,14,18). The van der Waals surface area contributed by atoms with Crippen molar-refractivity contribution in [2.45, 2.75) is 40.7 Å². The van der Waals surface area contributed by atoms with Crippen LogP contribution in [-0.4, -0.2) is 28.0 Å². The zero-order valence-corrected chi connectivity index (χ0v) is 11.5. The van der Waals surface area contributed by atoms with Gasteiger partial charge in [-0.2, -0.15) is 5.10 Å². The lowest BCUT2D eigenvalue weighted by Gasteiger charge is -2.16. The summed E-state index contributed by atoms with van der Waals surface area (Å²) in [5.74, 6) is -0.300. The van der Waals surface area contributed by atoms with Crippen molar-refractivity contribution in [1.82, 2.24) is 15.1 Å². The van der Waals surface area contributed by atoms with Crippen LogP contribution in [0, 0.1) is 5.41 Å². The molecule has 0 aliphatic rings. The Morgan fingerprint density at radius 3 is 2.61 bits per heavy atom. The van der Waals surface area contributed by atoms with Crippen molar-refractivity contribution in [3.63, 3.8) is 0 Å². The van der Waals surface area contributed by atoms with Crippen LogP contribution >= 0.6 is 0 Å². The first kappa shape index (κ1) is 14.4. The molecular weight excluding hydrogens is 230 g/mol. The van der Waals surface area contributed by atoms with E-state index in [1.165, 1.54) is 0 Å². The van der Waals surface area contributed by atoms with Crippen molar-refractivity contribution in [3.05, 3.63) is 18.0 Å². The Morgan fingerprint density at radius 1 is 1.39 bits per heavy atom. The molecule has 0 fully saturated rings. The van der Waals surface area contributed by atoms with E-state index >= 15 is 0 Å². The average Bonchev–Trinajstić information content (AvgIpc) is 2.73. The van der Waals surface area contributed by atoms with E-state index in [9.17, 15) is 9.59 Å². The summed E-state index contributed by atoms with van der Waals surface area (Å²) in [5.41, 5.74) is -0.0837. The number of rotatable bonds is 5. The highest BCUT2D eigenvalue weighted by Crippen LogP contribution is 2.13. The fourth-order valence-electron chi connectivity index (χ4n) is 1.35. The van der Waals surface area contributed by atoms with Gasteiger partial charge in [0.25, 0.3) is 5.91 Å². The minimum atomic E-state index is -0.436. The van der Waals surface area contributed by atoms with Crippen molar-refractivity contribution in [1.29, 1.82) is 0 Å². The monoisotopic (exact) mass is 251 g/mol. The number of ketones is 1. The van der Waals surface area contributed by atoms with Gasteiger partial charge in [0.15, 0.2) is 5.78 Å². The summed E-state index contributed by atoms with van der Waals surface area (Å²) in [5, 5.41) is 6.73. The summed E-state index contributed by atoms with van der Waals surface area (Å²) >= 11 is 0. The molecule has 5 heteroatoms. The Balaban J connectivity index is 2.52. The van der Waals surface area contributed by atoms with Gasteiger partial charge in [-0.3, -0.25) is 14.3 Å². The third-order valence-corrected chi connectivity index (χ3v) is 2.57. The molecular formula is C13H21N3O2. The zero-order valence-electron chi connectivity index (χ0n) is 11.5. The first-order valence-electron chi connectivity index (χ1n) is 6.19. The molecule has 0 spiro atoms. The zero-order chi connectivity index (χ0) is 13.8. The molecule has 0 aromatic carbocycles. The lowest BCUT2D eigenvalue weighted by molar-refractivity contribution is -0.125. The van der Waals surface area contributed by atoms with Crippen LogP contribution in [0.4, 0.5) is 0 Å². The molecule has 100 valence electrons. The maximum atomic E-state index is 11.8. The molecule has 0 saturated carbocycles. The average molecular weight is 251 g/mol. The van der Waals surface area contributed by atoms with E-state index in [0.29, 0.717) is 5.69 Å². The predicted octanol–water partition coefficient (Wildman–Crippen LogP) is 1.64. The Morgan fingerprint density at radius 2 is 2.06 bits per heavy atom. The molecule has 0 atom stereocenters. The molecule has 18 heavy (non-hydrogen) atoms. The Labute approximate surface area is 108 Å². The lowest BCUT2D eigenvalue weighted by atomic mass is 9.91. The van der Waals surface area contributed by atoms with Gasteiger partial charge in [-0.25, -0.2) is 0 Å². The second-order valence-electron chi connectivity index (χ2n) is 5.32. The van der Waals surface area contributed by atoms with Gasteiger partial charge in [-0.15, -0.1) is 0 Å². The molecule has 5 nitrogen and oxygen atoms in total. The van der Waals surface area contributed by atoms with Gasteiger partial charge in [0, 0.05) is 18.2 Å².